The monoisotopic (exact) mass is 687 g/mol. The fourth-order valence-corrected chi connectivity index (χ4v) is 8.96. The highest BCUT2D eigenvalue weighted by molar-refractivity contribution is 6.12. The molecule has 0 fully saturated rings. The lowest BCUT2D eigenvalue weighted by atomic mass is 9.67. The molecule has 0 bridgehead atoms. The number of nitrogens with zero attached hydrogens (tertiary/aromatic N) is 3. The molecule has 0 N–H and O–H groups in total. The Morgan fingerprint density at radius 1 is 0.370 bits per heavy atom. The van der Waals surface area contributed by atoms with E-state index >= 15 is 0 Å². The molecule has 0 unspecified atom stereocenters. The molecule has 8 aromatic carbocycles. The van der Waals surface area contributed by atoms with Gasteiger partial charge in [0.2, 0.25) is 0 Å². The predicted octanol–water partition coefficient (Wildman–Crippen LogP) is 12.4. The smallest absolute Gasteiger partial charge is 0.0973 e. The summed E-state index contributed by atoms with van der Waals surface area (Å²) in [5, 5.41) is 2.45. The molecule has 1 aliphatic rings. The molecule has 0 amide bonds. The van der Waals surface area contributed by atoms with Crippen LogP contribution in [0, 0.1) is 0 Å². The Labute approximate surface area is 313 Å². The van der Waals surface area contributed by atoms with Gasteiger partial charge in [-0.15, -0.1) is 0 Å². The van der Waals surface area contributed by atoms with Gasteiger partial charge in [0, 0.05) is 27.6 Å². The summed E-state index contributed by atoms with van der Waals surface area (Å²) in [4.78, 5) is 10.6. The van der Waals surface area contributed by atoms with Gasteiger partial charge in [0.05, 0.1) is 38.9 Å². The summed E-state index contributed by atoms with van der Waals surface area (Å²) in [6.45, 7) is 0. The second-order valence-corrected chi connectivity index (χ2v) is 14.1. The summed E-state index contributed by atoms with van der Waals surface area (Å²) in [5.74, 6) is 0. The standard InChI is InChI=1S/C51H33N3/c1-5-17-34(18-6-1)49-50(35-19-7-2-8-20-35)53-46-31-38(29-30-45(46)52-49)54-47-28-16-14-26-40(47)42-32-44-41(33-48(42)54)39-25-13-15-27-43(39)51(44,36-21-9-3-10-22-36)37-23-11-4-12-24-37/h1-33H. The lowest BCUT2D eigenvalue weighted by Crippen LogP contribution is -2.28. The highest BCUT2D eigenvalue weighted by Crippen LogP contribution is 2.57. The second-order valence-electron chi connectivity index (χ2n) is 14.1. The van der Waals surface area contributed by atoms with Crippen LogP contribution in [-0.4, -0.2) is 14.5 Å². The van der Waals surface area contributed by atoms with E-state index in [1.807, 2.05) is 12.1 Å². The molecule has 0 spiro atoms. The van der Waals surface area contributed by atoms with Gasteiger partial charge in [0.25, 0.3) is 0 Å². The molecule has 2 aromatic heterocycles. The minimum Gasteiger partial charge on any atom is -0.309 e. The molecular formula is C51H33N3. The third-order valence-electron chi connectivity index (χ3n) is 11.3. The molecular weight excluding hydrogens is 655 g/mol. The van der Waals surface area contributed by atoms with Gasteiger partial charge in [0.1, 0.15) is 0 Å². The van der Waals surface area contributed by atoms with E-state index in [1.54, 1.807) is 0 Å². The Balaban J connectivity index is 1.19. The Morgan fingerprint density at radius 2 is 0.926 bits per heavy atom. The van der Waals surface area contributed by atoms with Crippen LogP contribution in [0.3, 0.4) is 0 Å². The zero-order valence-electron chi connectivity index (χ0n) is 29.4. The van der Waals surface area contributed by atoms with Crippen LogP contribution in [-0.2, 0) is 5.41 Å². The average Bonchev–Trinajstić information content (AvgIpc) is 3.73. The summed E-state index contributed by atoms with van der Waals surface area (Å²) in [7, 11) is 0. The molecule has 1 aliphatic carbocycles. The van der Waals surface area contributed by atoms with Gasteiger partial charge >= 0.3 is 0 Å². The molecule has 3 nitrogen and oxygen atoms in total. The van der Waals surface area contributed by atoms with Crippen molar-refractivity contribution in [3.63, 3.8) is 0 Å². The quantitative estimate of drug-likeness (QED) is 0.180. The van der Waals surface area contributed by atoms with Crippen LogP contribution in [0.25, 0.3) is 72.2 Å². The molecule has 2 heterocycles. The number of benzene rings is 8. The third-order valence-corrected chi connectivity index (χ3v) is 11.3. The van der Waals surface area contributed by atoms with E-state index in [0.717, 1.165) is 50.3 Å². The molecule has 0 radical (unpaired) electrons. The van der Waals surface area contributed by atoms with Crippen LogP contribution in [0.1, 0.15) is 22.3 Å². The largest absolute Gasteiger partial charge is 0.309 e. The molecule has 11 rings (SSSR count). The van der Waals surface area contributed by atoms with E-state index in [1.165, 1.54) is 44.2 Å². The number of para-hydroxylation sites is 1. The lowest BCUT2D eigenvalue weighted by molar-refractivity contribution is 0.769. The molecule has 0 atom stereocenters. The molecule has 3 heteroatoms. The summed E-state index contributed by atoms with van der Waals surface area (Å²) in [6, 6.07) is 72.0. The first kappa shape index (κ1) is 30.5. The van der Waals surface area contributed by atoms with Crippen molar-refractivity contribution in [2.45, 2.75) is 5.41 Å². The Kier molecular flexibility index (Phi) is 6.77. The SMILES string of the molecule is c1ccc(-c2nc3ccc(-n4c5ccccc5c5cc6c(cc54)-c4ccccc4C6(c4ccccc4)c4ccccc4)cc3nc2-c2ccccc2)cc1. The Hall–Kier alpha value is -7.10. The zero-order chi connectivity index (χ0) is 35.6. The average molecular weight is 688 g/mol. The van der Waals surface area contributed by atoms with Crippen molar-refractivity contribution in [1.82, 2.24) is 14.5 Å². The van der Waals surface area contributed by atoms with Crippen LogP contribution >= 0.6 is 0 Å². The van der Waals surface area contributed by atoms with Crippen LogP contribution in [0.4, 0.5) is 0 Å². The summed E-state index contributed by atoms with van der Waals surface area (Å²) < 4.78 is 2.41. The van der Waals surface area contributed by atoms with E-state index in [2.05, 4.69) is 193 Å². The predicted molar refractivity (Wildman–Crippen MR) is 222 cm³/mol. The molecule has 10 aromatic rings. The third kappa shape index (κ3) is 4.42. The van der Waals surface area contributed by atoms with E-state index in [-0.39, 0.29) is 0 Å². The summed E-state index contributed by atoms with van der Waals surface area (Å²) >= 11 is 0. The maximum Gasteiger partial charge on any atom is 0.0973 e. The molecule has 252 valence electrons. The van der Waals surface area contributed by atoms with Crippen molar-refractivity contribution < 1.29 is 0 Å². The van der Waals surface area contributed by atoms with Gasteiger partial charge < -0.3 is 4.57 Å². The van der Waals surface area contributed by atoms with Gasteiger partial charge in [-0.1, -0.05) is 164 Å². The molecule has 0 saturated carbocycles. The minimum absolute atomic E-state index is 0.464. The van der Waals surface area contributed by atoms with Crippen molar-refractivity contribution in [1.29, 1.82) is 0 Å². The normalized spacial score (nSPS) is 13.0. The first-order valence-corrected chi connectivity index (χ1v) is 18.5. The van der Waals surface area contributed by atoms with Gasteiger partial charge in [-0.25, -0.2) is 9.97 Å². The number of rotatable bonds is 5. The lowest BCUT2D eigenvalue weighted by Gasteiger charge is -2.33. The van der Waals surface area contributed by atoms with Gasteiger partial charge in [-0.3, -0.25) is 0 Å². The fraction of sp³-hybridized carbons (Fsp3) is 0.0196. The molecule has 0 saturated heterocycles. The van der Waals surface area contributed by atoms with Crippen LogP contribution < -0.4 is 0 Å². The number of aromatic nitrogens is 3. The maximum absolute atomic E-state index is 5.35. The van der Waals surface area contributed by atoms with Gasteiger partial charge in [0.15, 0.2) is 0 Å². The molecule has 0 aliphatic heterocycles. The number of hydrogen-bond acceptors (Lipinski definition) is 2. The summed E-state index contributed by atoms with van der Waals surface area (Å²) in [5.41, 5.74) is 16.2. The fourth-order valence-electron chi connectivity index (χ4n) is 8.96. The topological polar surface area (TPSA) is 30.7 Å². The van der Waals surface area contributed by atoms with Crippen molar-refractivity contribution in [2.75, 3.05) is 0 Å². The van der Waals surface area contributed by atoms with Crippen LogP contribution in [0.15, 0.2) is 200 Å². The Bertz CT molecular complexity index is 2980. The maximum atomic E-state index is 5.35. The van der Waals surface area contributed by atoms with E-state index in [0.29, 0.717) is 0 Å². The van der Waals surface area contributed by atoms with E-state index < -0.39 is 5.41 Å². The number of fused-ring (bicyclic) bond motifs is 7. The van der Waals surface area contributed by atoms with Crippen LogP contribution in [0.5, 0.6) is 0 Å². The Morgan fingerprint density at radius 3 is 1.59 bits per heavy atom. The zero-order valence-corrected chi connectivity index (χ0v) is 29.4. The minimum atomic E-state index is -0.464. The number of hydrogen-bond donors (Lipinski definition) is 0. The first-order chi connectivity index (χ1) is 26.8. The molecule has 54 heavy (non-hydrogen) atoms. The van der Waals surface area contributed by atoms with E-state index in [4.69, 9.17) is 9.97 Å². The summed E-state index contributed by atoms with van der Waals surface area (Å²) in [6.07, 6.45) is 0. The van der Waals surface area contributed by atoms with E-state index in [9.17, 15) is 0 Å². The van der Waals surface area contributed by atoms with Crippen LogP contribution in [0.2, 0.25) is 0 Å². The first-order valence-electron chi connectivity index (χ1n) is 18.5. The van der Waals surface area contributed by atoms with Crippen molar-refractivity contribution in [3.8, 4) is 39.3 Å². The highest BCUT2D eigenvalue weighted by atomic mass is 15.0. The van der Waals surface area contributed by atoms with Gasteiger partial charge in [-0.05, 0) is 69.8 Å². The van der Waals surface area contributed by atoms with Crippen molar-refractivity contribution in [3.05, 3.63) is 222 Å². The van der Waals surface area contributed by atoms with Crippen molar-refractivity contribution >= 4 is 32.8 Å². The van der Waals surface area contributed by atoms with Crippen molar-refractivity contribution in [2.24, 2.45) is 0 Å². The van der Waals surface area contributed by atoms with Gasteiger partial charge in [-0.2, -0.15) is 0 Å². The highest BCUT2D eigenvalue weighted by Gasteiger charge is 2.46. The second kappa shape index (κ2) is 12.0.